The molecule has 3 rings (SSSR count). The molecule has 1 aliphatic rings. The van der Waals surface area contributed by atoms with Crippen LogP contribution in [0.2, 0.25) is 8.67 Å². The monoisotopic (exact) mass is 339 g/mol. The van der Waals surface area contributed by atoms with E-state index in [1.54, 1.807) is 0 Å². The molecule has 0 aliphatic heterocycles. The van der Waals surface area contributed by atoms with E-state index >= 15 is 0 Å². The van der Waals surface area contributed by atoms with Crippen molar-refractivity contribution in [2.75, 3.05) is 6.54 Å². The molecule has 4 heteroatoms. The van der Waals surface area contributed by atoms with Crippen molar-refractivity contribution < 1.29 is 0 Å². The van der Waals surface area contributed by atoms with Crippen molar-refractivity contribution >= 4 is 34.5 Å². The summed E-state index contributed by atoms with van der Waals surface area (Å²) < 4.78 is 1.60. The van der Waals surface area contributed by atoms with Gasteiger partial charge in [0.2, 0.25) is 0 Å². The Morgan fingerprint density at radius 2 is 2.05 bits per heavy atom. The average molecular weight is 340 g/mol. The lowest BCUT2D eigenvalue weighted by Gasteiger charge is -2.18. The van der Waals surface area contributed by atoms with Gasteiger partial charge in [-0.2, -0.15) is 0 Å². The van der Waals surface area contributed by atoms with E-state index in [0.29, 0.717) is 17.9 Å². The third-order valence-electron chi connectivity index (χ3n) is 4.13. The summed E-state index contributed by atoms with van der Waals surface area (Å²) in [5, 5.41) is 3.67. The standard InChI is InChI=1S/C17H19Cl2NS/c1-2-8-20-16(14-10-15(18)21-17(14)19)13-9-12(13)11-6-4-3-5-7-11/h3-7,10,12-13,16,20H,2,8-9H2,1H3. The molecule has 1 heterocycles. The maximum absolute atomic E-state index is 6.38. The first-order valence-corrected chi connectivity index (χ1v) is 9.01. The third kappa shape index (κ3) is 3.45. The van der Waals surface area contributed by atoms with Crippen LogP contribution in [-0.2, 0) is 0 Å². The highest BCUT2D eigenvalue weighted by atomic mass is 35.5. The molecule has 0 spiro atoms. The van der Waals surface area contributed by atoms with Crippen molar-refractivity contribution in [3.63, 3.8) is 0 Å². The minimum Gasteiger partial charge on any atom is -0.310 e. The van der Waals surface area contributed by atoms with Crippen LogP contribution in [0.4, 0.5) is 0 Å². The van der Waals surface area contributed by atoms with Gasteiger partial charge < -0.3 is 5.32 Å². The van der Waals surface area contributed by atoms with Gasteiger partial charge in [0.05, 0.1) is 8.67 Å². The molecule has 1 aromatic heterocycles. The van der Waals surface area contributed by atoms with E-state index in [-0.39, 0.29) is 0 Å². The Labute approximate surface area is 140 Å². The molecule has 1 fully saturated rings. The Morgan fingerprint density at radius 3 is 2.67 bits per heavy atom. The minimum absolute atomic E-state index is 0.311. The van der Waals surface area contributed by atoms with Crippen molar-refractivity contribution in [1.82, 2.24) is 5.32 Å². The van der Waals surface area contributed by atoms with Crippen LogP contribution in [0.3, 0.4) is 0 Å². The summed E-state index contributed by atoms with van der Waals surface area (Å²) in [7, 11) is 0. The number of thiophene rings is 1. The van der Waals surface area contributed by atoms with E-state index in [1.807, 2.05) is 6.07 Å². The fourth-order valence-corrected chi connectivity index (χ4v) is 4.57. The number of hydrogen-bond donors (Lipinski definition) is 1. The normalized spacial score (nSPS) is 22.2. The van der Waals surface area contributed by atoms with Gasteiger partial charge in [0, 0.05) is 11.6 Å². The molecule has 2 aromatic rings. The molecule has 0 radical (unpaired) electrons. The van der Waals surface area contributed by atoms with Gasteiger partial charge in [0.1, 0.15) is 0 Å². The van der Waals surface area contributed by atoms with Crippen molar-refractivity contribution in [1.29, 1.82) is 0 Å². The van der Waals surface area contributed by atoms with E-state index < -0.39 is 0 Å². The molecule has 1 aromatic carbocycles. The van der Waals surface area contributed by atoms with E-state index in [0.717, 1.165) is 21.6 Å². The zero-order chi connectivity index (χ0) is 14.8. The highest BCUT2D eigenvalue weighted by Crippen LogP contribution is 2.55. The summed E-state index contributed by atoms with van der Waals surface area (Å²) >= 11 is 14.0. The summed E-state index contributed by atoms with van der Waals surface area (Å²) in [4.78, 5) is 0. The van der Waals surface area contributed by atoms with Crippen molar-refractivity contribution in [2.24, 2.45) is 5.92 Å². The molecule has 1 saturated carbocycles. The zero-order valence-corrected chi connectivity index (χ0v) is 14.3. The molecule has 1 nitrogen and oxygen atoms in total. The van der Waals surface area contributed by atoms with Gasteiger partial charge in [0.25, 0.3) is 0 Å². The van der Waals surface area contributed by atoms with E-state index in [1.165, 1.54) is 28.9 Å². The largest absolute Gasteiger partial charge is 0.310 e. The van der Waals surface area contributed by atoms with Crippen LogP contribution < -0.4 is 5.32 Å². The van der Waals surface area contributed by atoms with Crippen LogP contribution in [0.5, 0.6) is 0 Å². The Hall–Kier alpha value is -0.540. The lowest BCUT2D eigenvalue weighted by atomic mass is 10.0. The minimum atomic E-state index is 0.311. The maximum Gasteiger partial charge on any atom is 0.0992 e. The van der Waals surface area contributed by atoms with Crippen molar-refractivity contribution in [2.45, 2.75) is 31.7 Å². The molecule has 112 valence electrons. The summed E-state index contributed by atoms with van der Waals surface area (Å²) in [6, 6.07) is 13.1. The molecule has 3 atom stereocenters. The molecule has 0 bridgehead atoms. The Bertz CT molecular complexity index is 596. The summed E-state index contributed by atoms with van der Waals surface area (Å²) in [5.41, 5.74) is 2.60. The fourth-order valence-electron chi connectivity index (χ4n) is 3.02. The lowest BCUT2D eigenvalue weighted by molar-refractivity contribution is 0.474. The highest BCUT2D eigenvalue weighted by molar-refractivity contribution is 7.20. The molecular formula is C17H19Cl2NS. The number of rotatable bonds is 6. The van der Waals surface area contributed by atoms with Crippen LogP contribution in [0.15, 0.2) is 36.4 Å². The number of halogens is 2. The van der Waals surface area contributed by atoms with E-state index in [4.69, 9.17) is 23.2 Å². The van der Waals surface area contributed by atoms with Crippen LogP contribution in [0, 0.1) is 5.92 Å². The van der Waals surface area contributed by atoms with Gasteiger partial charge in [-0.25, -0.2) is 0 Å². The van der Waals surface area contributed by atoms with Gasteiger partial charge in [-0.15, -0.1) is 11.3 Å². The number of nitrogens with one attached hydrogen (secondary N) is 1. The smallest absolute Gasteiger partial charge is 0.0992 e. The topological polar surface area (TPSA) is 12.0 Å². The third-order valence-corrected chi connectivity index (χ3v) is 5.65. The van der Waals surface area contributed by atoms with Crippen LogP contribution >= 0.6 is 34.5 Å². The van der Waals surface area contributed by atoms with Crippen LogP contribution in [-0.4, -0.2) is 6.54 Å². The zero-order valence-electron chi connectivity index (χ0n) is 12.0. The summed E-state index contributed by atoms with van der Waals surface area (Å²) in [6.45, 7) is 3.19. The van der Waals surface area contributed by atoms with Gasteiger partial charge in [0.15, 0.2) is 0 Å². The fraction of sp³-hybridized carbons (Fsp3) is 0.412. The highest BCUT2D eigenvalue weighted by Gasteiger charge is 2.44. The maximum atomic E-state index is 6.38. The Morgan fingerprint density at radius 1 is 1.29 bits per heavy atom. The quantitative estimate of drug-likeness (QED) is 0.690. The molecule has 0 amide bonds. The van der Waals surface area contributed by atoms with Crippen LogP contribution in [0.1, 0.15) is 42.9 Å². The molecular weight excluding hydrogens is 321 g/mol. The first-order chi connectivity index (χ1) is 10.2. The van der Waals surface area contributed by atoms with Gasteiger partial charge >= 0.3 is 0 Å². The summed E-state index contributed by atoms with van der Waals surface area (Å²) in [5.74, 6) is 1.25. The Kier molecular flexibility index (Phi) is 4.90. The average Bonchev–Trinajstić information content (AvgIpc) is 3.20. The lowest BCUT2D eigenvalue weighted by Crippen LogP contribution is -2.24. The van der Waals surface area contributed by atoms with Crippen LogP contribution in [0.25, 0.3) is 0 Å². The molecule has 1 aliphatic carbocycles. The van der Waals surface area contributed by atoms with Gasteiger partial charge in [-0.3, -0.25) is 0 Å². The first kappa shape index (κ1) is 15.4. The Balaban J connectivity index is 1.80. The van der Waals surface area contributed by atoms with Gasteiger partial charge in [-0.1, -0.05) is 60.5 Å². The van der Waals surface area contributed by atoms with E-state index in [2.05, 4.69) is 42.6 Å². The number of benzene rings is 1. The predicted octanol–water partition coefficient (Wildman–Crippen LogP) is 5.90. The van der Waals surface area contributed by atoms with Crippen molar-refractivity contribution in [3.05, 3.63) is 56.2 Å². The van der Waals surface area contributed by atoms with Crippen molar-refractivity contribution in [3.8, 4) is 0 Å². The SMILES string of the molecule is CCCNC(c1cc(Cl)sc1Cl)C1CC1c1ccccc1. The molecule has 3 unspecified atom stereocenters. The predicted molar refractivity (Wildman–Crippen MR) is 92.7 cm³/mol. The molecule has 0 saturated heterocycles. The molecule has 1 N–H and O–H groups in total. The second-order valence-electron chi connectivity index (χ2n) is 5.63. The van der Waals surface area contributed by atoms with E-state index in [9.17, 15) is 0 Å². The van der Waals surface area contributed by atoms with Gasteiger partial charge in [-0.05, 0) is 42.9 Å². The second-order valence-corrected chi connectivity index (χ2v) is 7.91. The number of hydrogen-bond acceptors (Lipinski definition) is 2. The second kappa shape index (κ2) is 6.70. The summed E-state index contributed by atoms with van der Waals surface area (Å²) in [6.07, 6.45) is 2.34. The molecule has 21 heavy (non-hydrogen) atoms. The first-order valence-electron chi connectivity index (χ1n) is 7.43.